The van der Waals surface area contributed by atoms with Gasteiger partial charge in [-0.25, -0.2) is 0 Å². The van der Waals surface area contributed by atoms with Crippen LogP contribution >= 0.6 is 0 Å². The predicted octanol–water partition coefficient (Wildman–Crippen LogP) is -0.0673. The summed E-state index contributed by atoms with van der Waals surface area (Å²) in [6, 6.07) is 0. The van der Waals surface area contributed by atoms with E-state index in [1.165, 1.54) is 0 Å². The Hall–Kier alpha value is -1.67. The monoisotopic (exact) mass is 282 g/mol. The summed E-state index contributed by atoms with van der Waals surface area (Å²) in [5.74, 6) is 1.50. The van der Waals surface area contributed by atoms with Crippen LogP contribution in [-0.4, -0.2) is 66.6 Å². The molecule has 8 nitrogen and oxygen atoms in total. The highest BCUT2D eigenvalue weighted by molar-refractivity contribution is 5.42. The van der Waals surface area contributed by atoms with Gasteiger partial charge in [-0.2, -0.15) is 15.0 Å². The molecule has 0 atom stereocenters. The largest absolute Gasteiger partial charge is 0.388 e. The SMILES string of the molecule is CNc1nc(NCC2(O)CCOCC2)nc(N(C)C)n1. The van der Waals surface area contributed by atoms with Gasteiger partial charge in [-0.05, 0) is 0 Å². The zero-order chi connectivity index (χ0) is 14.6. The van der Waals surface area contributed by atoms with E-state index in [2.05, 4.69) is 25.6 Å². The van der Waals surface area contributed by atoms with E-state index in [4.69, 9.17) is 4.74 Å². The van der Waals surface area contributed by atoms with Crippen LogP contribution in [0.1, 0.15) is 12.8 Å². The zero-order valence-electron chi connectivity index (χ0n) is 12.2. The molecule has 1 aromatic rings. The highest BCUT2D eigenvalue weighted by atomic mass is 16.5. The van der Waals surface area contributed by atoms with Gasteiger partial charge in [0.25, 0.3) is 0 Å². The van der Waals surface area contributed by atoms with Crippen LogP contribution in [0.2, 0.25) is 0 Å². The number of anilines is 3. The molecule has 3 N–H and O–H groups in total. The molecule has 0 bridgehead atoms. The van der Waals surface area contributed by atoms with Crippen molar-refractivity contribution in [2.75, 3.05) is 56.4 Å². The average Bonchev–Trinajstić information content (AvgIpc) is 2.45. The van der Waals surface area contributed by atoms with Crippen LogP contribution in [0.25, 0.3) is 0 Å². The van der Waals surface area contributed by atoms with Crippen LogP contribution < -0.4 is 15.5 Å². The summed E-state index contributed by atoms with van der Waals surface area (Å²) in [4.78, 5) is 14.6. The standard InChI is InChI=1S/C12H22N6O2/c1-13-9-15-10(17-11(16-9)18(2)3)14-8-12(19)4-6-20-7-5-12/h19H,4-8H2,1-3H3,(H2,13,14,15,16,17). The molecule has 2 heterocycles. The number of hydrogen-bond acceptors (Lipinski definition) is 8. The fraction of sp³-hybridized carbons (Fsp3) is 0.750. The Kier molecular flexibility index (Phi) is 4.56. The molecule has 0 radical (unpaired) electrons. The van der Waals surface area contributed by atoms with E-state index in [1.54, 1.807) is 11.9 Å². The van der Waals surface area contributed by atoms with Crippen molar-refractivity contribution >= 4 is 17.8 Å². The minimum absolute atomic E-state index is 0.399. The number of aromatic nitrogens is 3. The molecule has 0 unspecified atom stereocenters. The zero-order valence-corrected chi connectivity index (χ0v) is 12.2. The smallest absolute Gasteiger partial charge is 0.231 e. The van der Waals surface area contributed by atoms with Crippen LogP contribution in [0.4, 0.5) is 17.8 Å². The molecule has 112 valence electrons. The third-order valence-electron chi connectivity index (χ3n) is 3.25. The molecule has 20 heavy (non-hydrogen) atoms. The average molecular weight is 282 g/mol. The van der Waals surface area contributed by atoms with Crippen molar-refractivity contribution in [2.24, 2.45) is 0 Å². The highest BCUT2D eigenvalue weighted by Crippen LogP contribution is 2.21. The second-order valence-electron chi connectivity index (χ2n) is 5.12. The van der Waals surface area contributed by atoms with E-state index >= 15 is 0 Å². The second-order valence-corrected chi connectivity index (χ2v) is 5.12. The topological polar surface area (TPSA) is 95.4 Å². The maximum Gasteiger partial charge on any atom is 0.231 e. The third kappa shape index (κ3) is 3.67. The van der Waals surface area contributed by atoms with Crippen LogP contribution in [0.3, 0.4) is 0 Å². The summed E-state index contributed by atoms with van der Waals surface area (Å²) in [5, 5.41) is 16.4. The lowest BCUT2D eigenvalue weighted by Crippen LogP contribution is -2.42. The van der Waals surface area contributed by atoms with Crippen molar-refractivity contribution < 1.29 is 9.84 Å². The van der Waals surface area contributed by atoms with Crippen molar-refractivity contribution in [2.45, 2.75) is 18.4 Å². The Morgan fingerprint density at radius 3 is 2.45 bits per heavy atom. The summed E-state index contributed by atoms with van der Waals surface area (Å²) in [5.41, 5.74) is -0.761. The minimum atomic E-state index is -0.761. The molecule has 0 saturated carbocycles. The Bertz CT molecular complexity index is 448. The van der Waals surface area contributed by atoms with E-state index in [0.29, 0.717) is 50.4 Å². The maximum absolute atomic E-state index is 10.4. The molecule has 1 aliphatic heterocycles. The molecule has 0 aliphatic carbocycles. The van der Waals surface area contributed by atoms with Gasteiger partial charge in [-0.3, -0.25) is 0 Å². The van der Waals surface area contributed by atoms with Crippen molar-refractivity contribution in [3.63, 3.8) is 0 Å². The number of hydrogen-bond donors (Lipinski definition) is 3. The van der Waals surface area contributed by atoms with Gasteiger partial charge >= 0.3 is 0 Å². The molecule has 1 fully saturated rings. The van der Waals surface area contributed by atoms with Gasteiger partial charge in [0, 0.05) is 53.7 Å². The molecule has 8 heteroatoms. The molecule has 2 rings (SSSR count). The Balaban J connectivity index is 2.06. The van der Waals surface area contributed by atoms with Crippen molar-refractivity contribution in [1.29, 1.82) is 0 Å². The molecule has 1 aliphatic rings. The second kappa shape index (κ2) is 6.19. The third-order valence-corrected chi connectivity index (χ3v) is 3.25. The molecule has 1 aromatic heterocycles. The Morgan fingerprint density at radius 2 is 1.85 bits per heavy atom. The van der Waals surface area contributed by atoms with E-state index in [-0.39, 0.29) is 0 Å². The molecular weight excluding hydrogens is 260 g/mol. The number of nitrogens with zero attached hydrogens (tertiary/aromatic N) is 4. The summed E-state index contributed by atoms with van der Waals surface area (Å²) in [6.45, 7) is 1.57. The van der Waals surface area contributed by atoms with Gasteiger partial charge in [0.05, 0.1) is 5.60 Å². The van der Waals surface area contributed by atoms with Gasteiger partial charge in [0.1, 0.15) is 0 Å². The minimum Gasteiger partial charge on any atom is -0.388 e. The molecular formula is C12H22N6O2. The first kappa shape index (κ1) is 14.7. The van der Waals surface area contributed by atoms with Crippen molar-refractivity contribution in [3.8, 4) is 0 Å². The first-order valence-electron chi connectivity index (χ1n) is 6.67. The number of rotatable bonds is 5. The lowest BCUT2D eigenvalue weighted by molar-refractivity contribution is -0.0544. The first-order chi connectivity index (χ1) is 9.52. The number of nitrogens with one attached hydrogen (secondary N) is 2. The Labute approximate surface area is 118 Å². The molecule has 0 amide bonds. The summed E-state index contributed by atoms with van der Waals surface area (Å²) in [7, 11) is 5.49. The molecule has 0 aromatic carbocycles. The van der Waals surface area contributed by atoms with E-state index < -0.39 is 5.60 Å². The van der Waals surface area contributed by atoms with Crippen LogP contribution in [-0.2, 0) is 4.74 Å². The van der Waals surface area contributed by atoms with Gasteiger partial charge in [-0.15, -0.1) is 0 Å². The summed E-state index contributed by atoms with van der Waals surface area (Å²) in [6.07, 6.45) is 1.23. The van der Waals surface area contributed by atoms with Crippen LogP contribution in [0, 0.1) is 0 Å². The van der Waals surface area contributed by atoms with Crippen molar-refractivity contribution in [3.05, 3.63) is 0 Å². The quantitative estimate of drug-likeness (QED) is 0.691. The van der Waals surface area contributed by atoms with E-state index in [1.807, 2.05) is 14.1 Å². The number of aliphatic hydroxyl groups is 1. The molecule has 0 spiro atoms. The predicted molar refractivity (Wildman–Crippen MR) is 77.2 cm³/mol. The fourth-order valence-electron chi connectivity index (χ4n) is 1.93. The van der Waals surface area contributed by atoms with Crippen LogP contribution in [0.15, 0.2) is 0 Å². The summed E-state index contributed by atoms with van der Waals surface area (Å²) >= 11 is 0. The van der Waals surface area contributed by atoms with Crippen molar-refractivity contribution in [1.82, 2.24) is 15.0 Å². The van der Waals surface area contributed by atoms with Gasteiger partial charge in [-0.1, -0.05) is 0 Å². The first-order valence-corrected chi connectivity index (χ1v) is 6.67. The lowest BCUT2D eigenvalue weighted by atomic mass is 9.94. The van der Waals surface area contributed by atoms with E-state index in [9.17, 15) is 5.11 Å². The molecule has 1 saturated heterocycles. The lowest BCUT2D eigenvalue weighted by Gasteiger charge is -2.32. The van der Waals surface area contributed by atoms with Gasteiger partial charge in [0.2, 0.25) is 17.8 Å². The Morgan fingerprint density at radius 1 is 1.20 bits per heavy atom. The maximum atomic E-state index is 10.4. The normalized spacial score (nSPS) is 17.6. The fourth-order valence-corrected chi connectivity index (χ4v) is 1.93. The highest BCUT2D eigenvalue weighted by Gasteiger charge is 2.29. The van der Waals surface area contributed by atoms with E-state index in [0.717, 1.165) is 0 Å². The summed E-state index contributed by atoms with van der Waals surface area (Å²) < 4.78 is 5.26. The van der Waals surface area contributed by atoms with Gasteiger partial charge < -0.3 is 25.4 Å². The van der Waals surface area contributed by atoms with Gasteiger partial charge in [0.15, 0.2) is 0 Å². The van der Waals surface area contributed by atoms with Crippen LogP contribution in [0.5, 0.6) is 0 Å². The number of ether oxygens (including phenoxy) is 1.